The molecule has 186 valence electrons. The summed E-state index contributed by atoms with van der Waals surface area (Å²) in [5.41, 5.74) is 2.66. The van der Waals surface area contributed by atoms with Crippen molar-refractivity contribution in [2.45, 2.75) is 19.3 Å². The van der Waals surface area contributed by atoms with E-state index in [4.69, 9.17) is 4.74 Å². The fourth-order valence-electron chi connectivity index (χ4n) is 3.57. The number of aromatic nitrogens is 2. The molecule has 0 aliphatic carbocycles. The number of nitrogens with zero attached hydrogens (tertiary/aromatic N) is 3. The van der Waals surface area contributed by atoms with Crippen molar-refractivity contribution in [2.24, 2.45) is 0 Å². The SMILES string of the molecule is C[C@@H](CO)Nc1nc(Nc2ccc(N3CCOCC3)cc2)cc(-c2cccc(OC(F)(F)F)c2)n1. The number of rotatable bonds is 8. The highest BCUT2D eigenvalue weighted by atomic mass is 19.4. The largest absolute Gasteiger partial charge is 0.573 e. The predicted octanol–water partition coefficient (Wildman–Crippen LogP) is 4.42. The first-order valence-corrected chi connectivity index (χ1v) is 11.1. The van der Waals surface area contributed by atoms with E-state index in [1.54, 1.807) is 19.1 Å². The fourth-order valence-corrected chi connectivity index (χ4v) is 3.57. The molecule has 4 rings (SSSR count). The number of benzene rings is 2. The van der Waals surface area contributed by atoms with Gasteiger partial charge in [0.15, 0.2) is 0 Å². The molecule has 2 aromatic carbocycles. The van der Waals surface area contributed by atoms with Gasteiger partial charge in [-0.1, -0.05) is 12.1 Å². The number of hydrogen-bond donors (Lipinski definition) is 3. The van der Waals surface area contributed by atoms with Gasteiger partial charge >= 0.3 is 6.36 Å². The Balaban J connectivity index is 1.60. The molecule has 1 atom stereocenters. The molecule has 0 amide bonds. The molecule has 35 heavy (non-hydrogen) atoms. The summed E-state index contributed by atoms with van der Waals surface area (Å²) < 4.78 is 47.5. The maximum Gasteiger partial charge on any atom is 0.573 e. The zero-order chi connectivity index (χ0) is 24.8. The van der Waals surface area contributed by atoms with Gasteiger partial charge in [-0.15, -0.1) is 13.2 Å². The first-order valence-electron chi connectivity index (χ1n) is 11.1. The number of halogens is 3. The summed E-state index contributed by atoms with van der Waals surface area (Å²) in [6, 6.07) is 14.7. The minimum Gasteiger partial charge on any atom is -0.406 e. The molecule has 1 saturated heterocycles. The lowest BCUT2D eigenvalue weighted by atomic mass is 10.1. The van der Waals surface area contributed by atoms with Crippen LogP contribution in [0.1, 0.15) is 6.92 Å². The van der Waals surface area contributed by atoms with Crippen molar-refractivity contribution in [2.75, 3.05) is 48.4 Å². The summed E-state index contributed by atoms with van der Waals surface area (Å²) >= 11 is 0. The van der Waals surface area contributed by atoms with Gasteiger partial charge in [-0.3, -0.25) is 0 Å². The van der Waals surface area contributed by atoms with E-state index in [2.05, 4.69) is 30.2 Å². The zero-order valence-electron chi connectivity index (χ0n) is 19.0. The second-order valence-corrected chi connectivity index (χ2v) is 8.04. The molecule has 1 aromatic heterocycles. The molecule has 0 saturated carbocycles. The highest BCUT2D eigenvalue weighted by Gasteiger charge is 2.31. The summed E-state index contributed by atoms with van der Waals surface area (Å²) in [4.78, 5) is 11.1. The Morgan fingerprint density at radius 3 is 2.51 bits per heavy atom. The number of hydrogen-bond acceptors (Lipinski definition) is 8. The maximum absolute atomic E-state index is 12.7. The lowest BCUT2D eigenvalue weighted by Crippen LogP contribution is -2.36. The quantitative estimate of drug-likeness (QED) is 0.429. The third-order valence-electron chi connectivity index (χ3n) is 5.25. The molecule has 0 spiro atoms. The number of alkyl halides is 3. The summed E-state index contributed by atoms with van der Waals surface area (Å²) in [6.45, 7) is 4.66. The van der Waals surface area contributed by atoms with Crippen LogP contribution in [-0.4, -0.2) is 60.4 Å². The van der Waals surface area contributed by atoms with Crippen molar-refractivity contribution < 1.29 is 27.8 Å². The Labute approximate surface area is 200 Å². The third kappa shape index (κ3) is 6.96. The van der Waals surface area contributed by atoms with E-state index in [0.717, 1.165) is 24.5 Å². The third-order valence-corrected chi connectivity index (χ3v) is 5.25. The number of morpholine rings is 1. The van der Waals surface area contributed by atoms with Crippen molar-refractivity contribution in [3.8, 4) is 17.0 Å². The van der Waals surface area contributed by atoms with E-state index in [0.29, 0.717) is 30.3 Å². The number of aliphatic hydroxyl groups is 1. The molecule has 0 bridgehead atoms. The summed E-state index contributed by atoms with van der Waals surface area (Å²) in [6.07, 6.45) is -4.80. The van der Waals surface area contributed by atoms with Crippen LogP contribution in [0, 0.1) is 0 Å². The van der Waals surface area contributed by atoms with Crippen LogP contribution in [0.25, 0.3) is 11.3 Å². The van der Waals surface area contributed by atoms with Crippen LogP contribution in [0.2, 0.25) is 0 Å². The second-order valence-electron chi connectivity index (χ2n) is 8.04. The van der Waals surface area contributed by atoms with E-state index in [-0.39, 0.29) is 24.3 Å². The van der Waals surface area contributed by atoms with Gasteiger partial charge in [0.25, 0.3) is 0 Å². The Bertz CT molecular complexity index is 1120. The number of anilines is 4. The minimum absolute atomic E-state index is 0.145. The van der Waals surface area contributed by atoms with Gasteiger partial charge in [0.2, 0.25) is 5.95 Å². The van der Waals surface area contributed by atoms with Crippen molar-refractivity contribution in [3.05, 3.63) is 54.6 Å². The Morgan fingerprint density at radius 1 is 1.09 bits per heavy atom. The van der Waals surface area contributed by atoms with Gasteiger partial charge in [-0.2, -0.15) is 4.98 Å². The lowest BCUT2D eigenvalue weighted by molar-refractivity contribution is -0.274. The molecule has 0 unspecified atom stereocenters. The molecule has 3 aromatic rings. The summed E-state index contributed by atoms with van der Waals surface area (Å²) in [5, 5.41) is 15.6. The second kappa shape index (κ2) is 10.8. The molecule has 11 heteroatoms. The first kappa shape index (κ1) is 24.6. The van der Waals surface area contributed by atoms with Crippen LogP contribution in [-0.2, 0) is 4.74 Å². The number of ether oxygens (including phenoxy) is 2. The average Bonchev–Trinajstić information content (AvgIpc) is 2.84. The normalized spacial score (nSPS) is 14.9. The summed E-state index contributed by atoms with van der Waals surface area (Å²) in [5.74, 6) is 0.308. The standard InChI is InChI=1S/C24H26F3N5O3/c1-16(15-33)28-23-30-21(17-3-2-4-20(13-17)35-24(25,26)27)14-22(31-23)29-18-5-7-19(8-6-18)32-9-11-34-12-10-32/h2-8,13-14,16,33H,9-12,15H2,1H3,(H2,28,29,30,31)/t16-/m0/s1. The maximum atomic E-state index is 12.7. The van der Waals surface area contributed by atoms with Crippen LogP contribution >= 0.6 is 0 Å². The van der Waals surface area contributed by atoms with Gasteiger partial charge in [0.1, 0.15) is 11.6 Å². The summed E-state index contributed by atoms with van der Waals surface area (Å²) in [7, 11) is 0. The Hall–Kier alpha value is -3.57. The van der Waals surface area contributed by atoms with Gasteiger partial charge in [0, 0.05) is 42.1 Å². The molecule has 8 nitrogen and oxygen atoms in total. The van der Waals surface area contributed by atoms with Crippen molar-refractivity contribution >= 4 is 23.1 Å². The minimum atomic E-state index is -4.80. The number of nitrogens with one attached hydrogen (secondary N) is 2. The topological polar surface area (TPSA) is 91.8 Å². The monoisotopic (exact) mass is 489 g/mol. The van der Waals surface area contributed by atoms with Crippen LogP contribution in [0.3, 0.4) is 0 Å². The van der Waals surface area contributed by atoms with Crippen LogP contribution < -0.4 is 20.3 Å². The Morgan fingerprint density at radius 2 is 1.83 bits per heavy atom. The molecular formula is C24H26F3N5O3. The van der Waals surface area contributed by atoms with Gasteiger partial charge < -0.3 is 30.1 Å². The van der Waals surface area contributed by atoms with Crippen LogP contribution in [0.5, 0.6) is 5.75 Å². The van der Waals surface area contributed by atoms with E-state index in [1.165, 1.54) is 18.2 Å². The smallest absolute Gasteiger partial charge is 0.406 e. The van der Waals surface area contributed by atoms with Crippen molar-refractivity contribution in [1.82, 2.24) is 9.97 Å². The van der Waals surface area contributed by atoms with E-state index in [9.17, 15) is 18.3 Å². The van der Waals surface area contributed by atoms with Crippen LogP contribution in [0.15, 0.2) is 54.6 Å². The van der Waals surface area contributed by atoms with Gasteiger partial charge in [0.05, 0.1) is 25.5 Å². The highest BCUT2D eigenvalue weighted by molar-refractivity contribution is 5.69. The van der Waals surface area contributed by atoms with Crippen LogP contribution in [0.4, 0.5) is 36.3 Å². The molecular weight excluding hydrogens is 463 g/mol. The molecule has 0 radical (unpaired) electrons. The first-order chi connectivity index (χ1) is 16.8. The van der Waals surface area contributed by atoms with Gasteiger partial charge in [-0.05, 0) is 43.3 Å². The molecule has 1 fully saturated rings. The number of aliphatic hydroxyl groups excluding tert-OH is 1. The highest BCUT2D eigenvalue weighted by Crippen LogP contribution is 2.30. The molecule has 1 aliphatic rings. The zero-order valence-corrected chi connectivity index (χ0v) is 19.0. The van der Waals surface area contributed by atoms with E-state index in [1.807, 2.05) is 24.3 Å². The van der Waals surface area contributed by atoms with E-state index >= 15 is 0 Å². The Kier molecular flexibility index (Phi) is 7.57. The molecule has 3 N–H and O–H groups in total. The van der Waals surface area contributed by atoms with Crippen molar-refractivity contribution in [1.29, 1.82) is 0 Å². The molecule has 2 heterocycles. The van der Waals surface area contributed by atoms with Gasteiger partial charge in [-0.25, -0.2) is 4.98 Å². The molecule has 1 aliphatic heterocycles. The fraction of sp³-hybridized carbons (Fsp3) is 0.333. The van der Waals surface area contributed by atoms with E-state index < -0.39 is 6.36 Å². The average molecular weight is 489 g/mol. The lowest BCUT2D eigenvalue weighted by Gasteiger charge is -2.28. The predicted molar refractivity (Wildman–Crippen MR) is 127 cm³/mol. The van der Waals surface area contributed by atoms with Crippen molar-refractivity contribution in [3.63, 3.8) is 0 Å².